The van der Waals surface area contributed by atoms with Crippen LogP contribution < -0.4 is 5.32 Å². The number of rotatable bonds is 4. The second-order valence-electron chi connectivity index (χ2n) is 7.57. The molecule has 0 amide bonds. The molecule has 144 valence electrons. The third kappa shape index (κ3) is 4.73. The summed E-state index contributed by atoms with van der Waals surface area (Å²) in [6, 6.07) is 10.0. The molecule has 6 heteroatoms. The highest BCUT2D eigenvalue weighted by molar-refractivity contribution is 14.0. The van der Waals surface area contributed by atoms with Gasteiger partial charge in [-0.05, 0) is 63.4 Å². The molecule has 3 fully saturated rings. The van der Waals surface area contributed by atoms with Crippen molar-refractivity contribution in [3.8, 4) is 0 Å². The Morgan fingerprint density at radius 1 is 1.19 bits per heavy atom. The molecular weight excluding hydrogens is 503 g/mol. The average molecular weight is 533 g/mol. The average Bonchev–Trinajstić information content (AvgIpc) is 3.05. The zero-order valence-electron chi connectivity index (χ0n) is 15.5. The van der Waals surface area contributed by atoms with E-state index in [9.17, 15) is 0 Å². The molecule has 2 aliphatic heterocycles. The first-order valence-corrected chi connectivity index (χ1v) is 10.6. The lowest BCUT2D eigenvalue weighted by molar-refractivity contribution is 0.249. The highest BCUT2D eigenvalue weighted by Crippen LogP contribution is 2.41. The van der Waals surface area contributed by atoms with Crippen molar-refractivity contribution in [2.24, 2.45) is 4.99 Å². The zero-order chi connectivity index (χ0) is 17.2. The number of nitrogens with one attached hydrogen (secondary N) is 1. The van der Waals surface area contributed by atoms with Crippen molar-refractivity contribution in [3.05, 3.63) is 34.3 Å². The number of aliphatic imine (C=N–C) groups is 1. The first kappa shape index (κ1) is 20.4. The molecule has 3 atom stereocenters. The van der Waals surface area contributed by atoms with Crippen LogP contribution in [0.25, 0.3) is 0 Å². The SMILES string of the molecule is CCN=C(NC1CC1c1ccc(Br)cc1)N1CCC(N2CCCC2)C1.I. The van der Waals surface area contributed by atoms with E-state index in [4.69, 9.17) is 4.99 Å². The molecule has 4 rings (SSSR count). The molecule has 0 radical (unpaired) electrons. The number of hydrogen-bond donors (Lipinski definition) is 1. The van der Waals surface area contributed by atoms with Gasteiger partial charge in [-0.15, -0.1) is 24.0 Å². The fraction of sp³-hybridized carbons (Fsp3) is 0.650. The summed E-state index contributed by atoms with van der Waals surface area (Å²) >= 11 is 3.52. The second kappa shape index (κ2) is 9.24. The van der Waals surface area contributed by atoms with Crippen LogP contribution >= 0.6 is 39.9 Å². The molecule has 0 spiro atoms. The van der Waals surface area contributed by atoms with Gasteiger partial charge in [0, 0.05) is 42.1 Å². The largest absolute Gasteiger partial charge is 0.353 e. The van der Waals surface area contributed by atoms with Gasteiger partial charge in [0.25, 0.3) is 0 Å². The van der Waals surface area contributed by atoms with E-state index in [1.54, 1.807) is 0 Å². The fourth-order valence-electron chi connectivity index (χ4n) is 4.32. The van der Waals surface area contributed by atoms with Crippen LogP contribution in [0.15, 0.2) is 33.7 Å². The van der Waals surface area contributed by atoms with Crippen molar-refractivity contribution in [2.75, 3.05) is 32.7 Å². The van der Waals surface area contributed by atoms with Crippen molar-refractivity contribution >= 4 is 45.9 Å². The van der Waals surface area contributed by atoms with E-state index in [1.165, 1.54) is 44.3 Å². The van der Waals surface area contributed by atoms with E-state index in [1.807, 2.05) is 0 Å². The lowest BCUT2D eigenvalue weighted by Gasteiger charge is -2.25. The molecule has 1 aromatic rings. The van der Waals surface area contributed by atoms with E-state index in [2.05, 4.69) is 62.2 Å². The first-order chi connectivity index (χ1) is 12.2. The molecule has 2 saturated heterocycles. The van der Waals surface area contributed by atoms with Gasteiger partial charge in [0.2, 0.25) is 0 Å². The van der Waals surface area contributed by atoms with E-state index in [0.29, 0.717) is 12.0 Å². The molecule has 1 saturated carbocycles. The standard InChI is InChI=1S/C20H29BrN4.HI/c1-2-22-20(25-12-9-17(14-25)24-10-3-4-11-24)23-19-13-18(19)15-5-7-16(21)8-6-15;/h5-8,17-19H,2-4,9-14H2,1H3,(H,22,23);1H. The molecular formula is C20H30BrIN4. The third-order valence-electron chi connectivity index (χ3n) is 5.83. The number of halogens is 2. The quantitative estimate of drug-likeness (QED) is 0.360. The maximum Gasteiger partial charge on any atom is 0.194 e. The van der Waals surface area contributed by atoms with Crippen molar-refractivity contribution < 1.29 is 0 Å². The van der Waals surface area contributed by atoms with Crippen LogP contribution in [-0.4, -0.2) is 60.6 Å². The number of guanidine groups is 1. The second-order valence-corrected chi connectivity index (χ2v) is 8.49. The molecule has 1 aliphatic carbocycles. The number of hydrogen-bond acceptors (Lipinski definition) is 2. The Balaban J connectivity index is 0.00000196. The summed E-state index contributed by atoms with van der Waals surface area (Å²) in [5.41, 5.74) is 1.44. The number of likely N-dealkylation sites (tertiary alicyclic amines) is 2. The van der Waals surface area contributed by atoms with Crippen LogP contribution in [0.2, 0.25) is 0 Å². The summed E-state index contributed by atoms with van der Waals surface area (Å²) in [6.07, 6.45) is 5.25. The minimum Gasteiger partial charge on any atom is -0.353 e. The summed E-state index contributed by atoms with van der Waals surface area (Å²) in [7, 11) is 0. The molecule has 1 N–H and O–H groups in total. The Bertz CT molecular complexity index is 615. The van der Waals surface area contributed by atoms with Crippen molar-refractivity contribution in [1.29, 1.82) is 0 Å². The Morgan fingerprint density at radius 2 is 1.92 bits per heavy atom. The zero-order valence-corrected chi connectivity index (χ0v) is 19.4. The number of benzene rings is 1. The maximum absolute atomic E-state index is 4.80. The minimum absolute atomic E-state index is 0. The summed E-state index contributed by atoms with van der Waals surface area (Å²) in [6.45, 7) is 7.85. The van der Waals surface area contributed by atoms with Gasteiger partial charge in [0.05, 0.1) is 0 Å². The Labute approximate surface area is 182 Å². The fourth-order valence-corrected chi connectivity index (χ4v) is 4.59. The summed E-state index contributed by atoms with van der Waals surface area (Å²) in [5, 5.41) is 3.75. The van der Waals surface area contributed by atoms with Crippen LogP contribution in [0.5, 0.6) is 0 Å². The van der Waals surface area contributed by atoms with Gasteiger partial charge >= 0.3 is 0 Å². The van der Waals surface area contributed by atoms with E-state index in [0.717, 1.165) is 36.1 Å². The normalized spacial score (nSPS) is 28.9. The molecule has 3 unspecified atom stereocenters. The number of nitrogens with zero attached hydrogens (tertiary/aromatic N) is 3. The molecule has 0 bridgehead atoms. The van der Waals surface area contributed by atoms with Crippen LogP contribution in [0.3, 0.4) is 0 Å². The molecule has 4 nitrogen and oxygen atoms in total. The lowest BCUT2D eigenvalue weighted by Crippen LogP contribution is -2.43. The Kier molecular flexibility index (Phi) is 7.25. The van der Waals surface area contributed by atoms with Crippen LogP contribution in [0.4, 0.5) is 0 Å². The van der Waals surface area contributed by atoms with Gasteiger partial charge in [-0.2, -0.15) is 0 Å². The van der Waals surface area contributed by atoms with Crippen molar-refractivity contribution in [3.63, 3.8) is 0 Å². The van der Waals surface area contributed by atoms with E-state index in [-0.39, 0.29) is 24.0 Å². The van der Waals surface area contributed by atoms with Crippen molar-refractivity contribution in [1.82, 2.24) is 15.1 Å². The van der Waals surface area contributed by atoms with Crippen LogP contribution in [0, 0.1) is 0 Å². The minimum atomic E-state index is 0. The summed E-state index contributed by atoms with van der Waals surface area (Å²) in [4.78, 5) is 9.97. The van der Waals surface area contributed by atoms with Gasteiger partial charge < -0.3 is 10.2 Å². The molecule has 1 aromatic carbocycles. The Morgan fingerprint density at radius 3 is 2.62 bits per heavy atom. The monoisotopic (exact) mass is 532 g/mol. The maximum atomic E-state index is 4.80. The van der Waals surface area contributed by atoms with Gasteiger partial charge in [-0.25, -0.2) is 0 Å². The Hall–Kier alpha value is -0.340. The van der Waals surface area contributed by atoms with Crippen LogP contribution in [0.1, 0.15) is 44.1 Å². The highest BCUT2D eigenvalue weighted by atomic mass is 127. The predicted molar refractivity (Wildman–Crippen MR) is 123 cm³/mol. The van der Waals surface area contributed by atoms with E-state index < -0.39 is 0 Å². The lowest BCUT2D eigenvalue weighted by atomic mass is 10.1. The third-order valence-corrected chi connectivity index (χ3v) is 6.36. The van der Waals surface area contributed by atoms with Crippen LogP contribution in [-0.2, 0) is 0 Å². The molecule has 0 aromatic heterocycles. The summed E-state index contributed by atoms with van der Waals surface area (Å²) < 4.78 is 1.15. The van der Waals surface area contributed by atoms with E-state index >= 15 is 0 Å². The van der Waals surface area contributed by atoms with Crippen molar-refractivity contribution in [2.45, 2.75) is 50.6 Å². The molecule has 26 heavy (non-hydrogen) atoms. The topological polar surface area (TPSA) is 30.9 Å². The summed E-state index contributed by atoms with van der Waals surface area (Å²) in [5.74, 6) is 1.76. The molecule has 2 heterocycles. The smallest absolute Gasteiger partial charge is 0.194 e. The highest BCUT2D eigenvalue weighted by Gasteiger charge is 2.40. The molecule has 3 aliphatic rings. The van der Waals surface area contributed by atoms with Gasteiger partial charge in [0.1, 0.15) is 0 Å². The van der Waals surface area contributed by atoms with Gasteiger partial charge in [-0.3, -0.25) is 9.89 Å². The van der Waals surface area contributed by atoms with Gasteiger partial charge in [0.15, 0.2) is 5.96 Å². The predicted octanol–water partition coefficient (Wildman–Crippen LogP) is 4.06. The van der Waals surface area contributed by atoms with Gasteiger partial charge in [-0.1, -0.05) is 28.1 Å². The first-order valence-electron chi connectivity index (χ1n) is 9.80.